The van der Waals surface area contributed by atoms with Gasteiger partial charge in [0, 0.05) is 0 Å². The lowest BCUT2D eigenvalue weighted by Gasteiger charge is -2.19. The molecule has 0 spiro atoms. The first-order valence-corrected chi connectivity index (χ1v) is 9.20. The minimum Gasteiger partial charge on any atom is -0.493 e. The van der Waals surface area contributed by atoms with E-state index in [9.17, 15) is 9.59 Å². The summed E-state index contributed by atoms with van der Waals surface area (Å²) in [6.45, 7) is 6.37. The Bertz CT molecular complexity index is 758. The second kappa shape index (κ2) is 10.4. The monoisotopic (exact) mass is 369 g/mol. The molecule has 5 heteroatoms. The van der Waals surface area contributed by atoms with Crippen molar-refractivity contribution in [3.8, 4) is 5.75 Å². The molecule has 0 heterocycles. The number of benzene rings is 2. The van der Waals surface area contributed by atoms with E-state index in [0.29, 0.717) is 6.61 Å². The molecule has 0 aliphatic rings. The van der Waals surface area contributed by atoms with E-state index in [1.807, 2.05) is 62.4 Å². The minimum atomic E-state index is -0.418. The van der Waals surface area contributed by atoms with Crippen LogP contribution in [0.5, 0.6) is 5.75 Å². The second-order valence-electron chi connectivity index (χ2n) is 6.34. The SMILES string of the molecule is CCOC(=O)CC(NC(=O)CCOc1cccc(C)c1C)c1ccccc1. The largest absolute Gasteiger partial charge is 0.493 e. The van der Waals surface area contributed by atoms with Gasteiger partial charge >= 0.3 is 5.97 Å². The van der Waals surface area contributed by atoms with Gasteiger partial charge in [0.2, 0.25) is 5.91 Å². The summed E-state index contributed by atoms with van der Waals surface area (Å²) < 4.78 is 10.8. The molecule has 5 nitrogen and oxygen atoms in total. The highest BCUT2D eigenvalue weighted by Crippen LogP contribution is 2.21. The van der Waals surface area contributed by atoms with Crippen LogP contribution < -0.4 is 10.1 Å². The fourth-order valence-corrected chi connectivity index (χ4v) is 2.72. The summed E-state index contributed by atoms with van der Waals surface area (Å²) in [5.74, 6) is 0.283. The quantitative estimate of drug-likeness (QED) is 0.681. The van der Waals surface area contributed by atoms with Crippen LogP contribution in [-0.2, 0) is 14.3 Å². The van der Waals surface area contributed by atoms with Crippen LogP contribution in [0.3, 0.4) is 0 Å². The zero-order valence-corrected chi connectivity index (χ0v) is 16.2. The van der Waals surface area contributed by atoms with Crippen molar-refractivity contribution in [3.05, 3.63) is 65.2 Å². The number of carbonyl (C=O) groups is 2. The molecule has 1 atom stereocenters. The Morgan fingerprint density at radius 3 is 2.48 bits per heavy atom. The molecule has 0 radical (unpaired) electrons. The van der Waals surface area contributed by atoms with E-state index in [1.54, 1.807) is 6.92 Å². The molecule has 0 saturated carbocycles. The average Bonchev–Trinajstić information content (AvgIpc) is 2.65. The Balaban J connectivity index is 1.92. The van der Waals surface area contributed by atoms with E-state index in [2.05, 4.69) is 5.32 Å². The Morgan fingerprint density at radius 2 is 1.78 bits per heavy atom. The van der Waals surface area contributed by atoms with Gasteiger partial charge in [0.1, 0.15) is 5.75 Å². The number of ether oxygens (including phenoxy) is 2. The Morgan fingerprint density at radius 1 is 1.04 bits per heavy atom. The molecule has 1 unspecified atom stereocenters. The summed E-state index contributed by atoms with van der Waals surface area (Å²) >= 11 is 0. The third-order valence-corrected chi connectivity index (χ3v) is 4.35. The maximum atomic E-state index is 12.4. The standard InChI is InChI=1S/C22H27NO4/c1-4-26-22(25)15-19(18-10-6-5-7-11-18)23-21(24)13-14-27-20-12-8-9-16(2)17(20)3/h5-12,19H,4,13-15H2,1-3H3,(H,23,24). The zero-order chi connectivity index (χ0) is 19.6. The van der Waals surface area contributed by atoms with Gasteiger partial charge in [0.05, 0.1) is 32.1 Å². The van der Waals surface area contributed by atoms with E-state index in [4.69, 9.17) is 9.47 Å². The number of aryl methyl sites for hydroxylation is 1. The summed E-state index contributed by atoms with van der Waals surface area (Å²) in [5, 5.41) is 2.92. The lowest BCUT2D eigenvalue weighted by Crippen LogP contribution is -2.31. The van der Waals surface area contributed by atoms with E-state index < -0.39 is 6.04 Å². The van der Waals surface area contributed by atoms with Crippen LogP contribution in [0.1, 0.15) is 42.5 Å². The van der Waals surface area contributed by atoms with Crippen LogP contribution >= 0.6 is 0 Å². The molecule has 1 N–H and O–H groups in total. The van der Waals surface area contributed by atoms with Crippen LogP contribution in [0.2, 0.25) is 0 Å². The van der Waals surface area contributed by atoms with Crippen molar-refractivity contribution in [3.63, 3.8) is 0 Å². The van der Waals surface area contributed by atoms with Crippen LogP contribution in [0.4, 0.5) is 0 Å². The number of rotatable bonds is 9. The van der Waals surface area contributed by atoms with E-state index >= 15 is 0 Å². The Labute approximate surface area is 160 Å². The fraction of sp³-hybridized carbons (Fsp3) is 0.364. The van der Waals surface area contributed by atoms with E-state index in [1.165, 1.54) is 0 Å². The molecule has 1 amide bonds. The number of hydrogen-bond donors (Lipinski definition) is 1. The van der Waals surface area contributed by atoms with Crippen molar-refractivity contribution >= 4 is 11.9 Å². The van der Waals surface area contributed by atoms with E-state index in [-0.39, 0.29) is 31.3 Å². The maximum Gasteiger partial charge on any atom is 0.308 e. The third-order valence-electron chi connectivity index (χ3n) is 4.35. The van der Waals surface area contributed by atoms with Crippen LogP contribution in [0.25, 0.3) is 0 Å². The van der Waals surface area contributed by atoms with Crippen LogP contribution in [0.15, 0.2) is 48.5 Å². The smallest absolute Gasteiger partial charge is 0.308 e. The first kappa shape index (κ1) is 20.5. The zero-order valence-electron chi connectivity index (χ0n) is 16.2. The van der Waals surface area contributed by atoms with Crippen LogP contribution in [0, 0.1) is 13.8 Å². The molecular formula is C22H27NO4. The van der Waals surface area contributed by atoms with Crippen molar-refractivity contribution in [1.82, 2.24) is 5.32 Å². The van der Waals surface area contributed by atoms with E-state index in [0.717, 1.165) is 22.4 Å². The maximum absolute atomic E-state index is 12.4. The lowest BCUT2D eigenvalue weighted by atomic mass is 10.0. The topological polar surface area (TPSA) is 64.6 Å². The molecule has 0 bridgehead atoms. The fourth-order valence-electron chi connectivity index (χ4n) is 2.72. The molecule has 2 aromatic rings. The molecule has 27 heavy (non-hydrogen) atoms. The first-order chi connectivity index (χ1) is 13.0. The lowest BCUT2D eigenvalue weighted by molar-refractivity contribution is -0.143. The van der Waals surface area contributed by atoms with Gasteiger partial charge in [-0.1, -0.05) is 42.5 Å². The summed E-state index contributed by atoms with van der Waals surface area (Å²) in [4.78, 5) is 24.2. The van der Waals surface area contributed by atoms with Gasteiger partial charge in [-0.25, -0.2) is 0 Å². The number of nitrogens with one attached hydrogen (secondary N) is 1. The van der Waals surface area contributed by atoms with Gasteiger partial charge in [-0.05, 0) is 43.5 Å². The summed E-state index contributed by atoms with van der Waals surface area (Å²) in [7, 11) is 0. The second-order valence-corrected chi connectivity index (χ2v) is 6.34. The molecule has 0 aliphatic heterocycles. The molecule has 0 aromatic heterocycles. The third kappa shape index (κ3) is 6.44. The van der Waals surface area contributed by atoms with Crippen molar-refractivity contribution in [2.75, 3.05) is 13.2 Å². The molecule has 2 aromatic carbocycles. The summed E-state index contributed by atoms with van der Waals surface area (Å²) in [6, 6.07) is 14.9. The predicted molar refractivity (Wildman–Crippen MR) is 105 cm³/mol. The molecule has 0 fully saturated rings. The number of hydrogen-bond acceptors (Lipinski definition) is 4. The highest BCUT2D eigenvalue weighted by molar-refractivity contribution is 5.78. The van der Waals surface area contributed by atoms with Crippen molar-refractivity contribution in [1.29, 1.82) is 0 Å². The van der Waals surface area contributed by atoms with Gasteiger partial charge in [0.25, 0.3) is 0 Å². The molecular weight excluding hydrogens is 342 g/mol. The highest BCUT2D eigenvalue weighted by Gasteiger charge is 2.19. The predicted octanol–water partition coefficient (Wildman–Crippen LogP) is 3.88. The Kier molecular flexibility index (Phi) is 7.86. The Hall–Kier alpha value is -2.82. The summed E-state index contributed by atoms with van der Waals surface area (Å²) in [6.07, 6.45) is 0.307. The minimum absolute atomic E-state index is 0.0986. The number of esters is 1. The van der Waals surface area contributed by atoms with Crippen LogP contribution in [-0.4, -0.2) is 25.1 Å². The van der Waals surface area contributed by atoms with Crippen molar-refractivity contribution in [2.45, 2.75) is 39.7 Å². The van der Waals surface area contributed by atoms with Gasteiger partial charge in [0.15, 0.2) is 0 Å². The van der Waals surface area contributed by atoms with Gasteiger partial charge < -0.3 is 14.8 Å². The van der Waals surface area contributed by atoms with Gasteiger partial charge in [-0.3, -0.25) is 9.59 Å². The normalized spacial score (nSPS) is 11.5. The van der Waals surface area contributed by atoms with Gasteiger partial charge in [-0.15, -0.1) is 0 Å². The molecule has 2 rings (SSSR count). The number of carbonyl (C=O) groups excluding carboxylic acids is 2. The molecule has 0 aliphatic carbocycles. The average molecular weight is 369 g/mol. The first-order valence-electron chi connectivity index (χ1n) is 9.20. The highest BCUT2D eigenvalue weighted by atomic mass is 16.5. The van der Waals surface area contributed by atoms with Crippen molar-refractivity contribution < 1.29 is 19.1 Å². The molecule has 0 saturated heterocycles. The van der Waals surface area contributed by atoms with Gasteiger partial charge in [-0.2, -0.15) is 0 Å². The number of amides is 1. The van der Waals surface area contributed by atoms with Crippen molar-refractivity contribution in [2.24, 2.45) is 0 Å². The summed E-state index contributed by atoms with van der Waals surface area (Å²) in [5.41, 5.74) is 3.09. The molecule has 144 valence electrons.